The summed E-state index contributed by atoms with van der Waals surface area (Å²) < 4.78 is 63.0. The third-order valence-corrected chi connectivity index (χ3v) is 2.11. The van der Waals surface area contributed by atoms with Gasteiger partial charge in [-0.1, -0.05) is 0 Å². The number of aliphatic hydroxyl groups excluding tert-OH is 1. The molecule has 0 unspecified atom stereocenters. The summed E-state index contributed by atoms with van der Waals surface area (Å²) in [5.74, 6) is -3.98. The van der Waals surface area contributed by atoms with Crippen molar-refractivity contribution in [1.82, 2.24) is 0 Å². The smallest absolute Gasteiger partial charge is 0.390 e. The minimum atomic E-state index is -4.88. The first kappa shape index (κ1) is 14.3. The quantitative estimate of drug-likeness (QED) is 0.522. The van der Waals surface area contributed by atoms with Gasteiger partial charge in [0.05, 0.1) is 10.5 Å². The van der Waals surface area contributed by atoms with Gasteiger partial charge < -0.3 is 5.11 Å². The molecule has 0 atom stereocenters. The van der Waals surface area contributed by atoms with Gasteiger partial charge >= 0.3 is 12.1 Å². The van der Waals surface area contributed by atoms with Crippen molar-refractivity contribution < 1.29 is 32.0 Å². The lowest BCUT2D eigenvalue weighted by Crippen LogP contribution is -2.20. The summed E-state index contributed by atoms with van der Waals surface area (Å²) in [7, 11) is 0. The molecule has 0 radical (unpaired) electrons. The lowest BCUT2D eigenvalue weighted by Gasteiger charge is -2.15. The second-order valence-corrected chi connectivity index (χ2v) is 3.35. The Labute approximate surface area is 96.8 Å². The van der Waals surface area contributed by atoms with Gasteiger partial charge in [-0.25, -0.2) is 0 Å². The van der Waals surface area contributed by atoms with Gasteiger partial charge in [-0.05, 0) is 12.1 Å². The van der Waals surface area contributed by atoms with Crippen LogP contribution in [0.15, 0.2) is 18.2 Å². The van der Waals surface area contributed by atoms with Gasteiger partial charge in [-0.3, -0.25) is 10.1 Å². The molecule has 9 heteroatoms. The second-order valence-electron chi connectivity index (χ2n) is 3.35. The molecular weight excluding hydrogens is 265 g/mol. The first-order chi connectivity index (χ1) is 8.09. The standard InChI is InChI=1S/C9H6F5NO3/c10-8(11,4-16)6-2-1-5(9(12,13)14)3-7(6)15(17)18/h1-3,16H,4H2. The third-order valence-electron chi connectivity index (χ3n) is 2.11. The van der Waals surface area contributed by atoms with E-state index in [1.54, 1.807) is 0 Å². The van der Waals surface area contributed by atoms with Crippen LogP contribution in [0.25, 0.3) is 0 Å². The highest BCUT2D eigenvalue weighted by atomic mass is 19.4. The van der Waals surface area contributed by atoms with Crippen LogP contribution in [-0.2, 0) is 12.1 Å². The van der Waals surface area contributed by atoms with Gasteiger partial charge in [-0.2, -0.15) is 22.0 Å². The predicted molar refractivity (Wildman–Crippen MR) is 49.1 cm³/mol. The third kappa shape index (κ3) is 2.73. The molecule has 0 aromatic heterocycles. The van der Waals surface area contributed by atoms with Crippen LogP contribution in [0.5, 0.6) is 0 Å². The van der Waals surface area contributed by atoms with Gasteiger partial charge in [0.2, 0.25) is 0 Å². The number of hydrogen-bond donors (Lipinski definition) is 1. The molecule has 0 amide bonds. The van der Waals surface area contributed by atoms with Crippen LogP contribution in [0.4, 0.5) is 27.6 Å². The summed E-state index contributed by atoms with van der Waals surface area (Å²) in [5, 5.41) is 18.9. The van der Waals surface area contributed by atoms with E-state index >= 15 is 0 Å². The Balaban J connectivity index is 3.44. The SMILES string of the molecule is O=[N+]([O-])c1cc(C(F)(F)F)ccc1C(F)(F)CO. The number of hydrogen-bond acceptors (Lipinski definition) is 3. The van der Waals surface area contributed by atoms with Crippen molar-refractivity contribution >= 4 is 5.69 Å². The van der Waals surface area contributed by atoms with Crippen molar-refractivity contribution in [3.63, 3.8) is 0 Å². The largest absolute Gasteiger partial charge is 0.416 e. The fourth-order valence-electron chi connectivity index (χ4n) is 1.25. The number of alkyl halides is 5. The first-order valence-electron chi connectivity index (χ1n) is 4.44. The van der Waals surface area contributed by atoms with Crippen LogP contribution < -0.4 is 0 Å². The minimum Gasteiger partial charge on any atom is -0.390 e. The first-order valence-corrected chi connectivity index (χ1v) is 4.44. The summed E-state index contributed by atoms with van der Waals surface area (Å²) in [4.78, 5) is 9.13. The molecule has 4 nitrogen and oxygen atoms in total. The molecule has 18 heavy (non-hydrogen) atoms. The van der Waals surface area contributed by atoms with Crippen molar-refractivity contribution in [1.29, 1.82) is 0 Å². The zero-order valence-corrected chi connectivity index (χ0v) is 8.54. The Morgan fingerprint density at radius 2 is 1.78 bits per heavy atom. The molecule has 100 valence electrons. The molecule has 0 aliphatic heterocycles. The minimum absolute atomic E-state index is 0.0128. The molecular formula is C9H6F5NO3. The zero-order chi connectivity index (χ0) is 14.1. The maximum atomic E-state index is 13.1. The van der Waals surface area contributed by atoms with Gasteiger partial charge in [0, 0.05) is 6.07 Å². The number of rotatable bonds is 3. The van der Waals surface area contributed by atoms with E-state index in [0.29, 0.717) is 6.07 Å². The van der Waals surface area contributed by atoms with E-state index < -0.39 is 40.4 Å². The van der Waals surface area contributed by atoms with Crippen LogP contribution in [0.1, 0.15) is 11.1 Å². The van der Waals surface area contributed by atoms with Crippen molar-refractivity contribution in [2.24, 2.45) is 0 Å². The summed E-state index contributed by atoms with van der Waals surface area (Å²) >= 11 is 0. The Bertz CT molecular complexity index is 472. The van der Waals surface area contributed by atoms with E-state index in [-0.39, 0.29) is 12.1 Å². The van der Waals surface area contributed by atoms with Crippen molar-refractivity contribution in [3.05, 3.63) is 39.4 Å². The van der Waals surface area contributed by atoms with Crippen LogP contribution in [-0.4, -0.2) is 16.6 Å². The molecule has 0 spiro atoms. The average Bonchev–Trinajstić information content (AvgIpc) is 2.27. The Hall–Kier alpha value is -1.77. The highest BCUT2D eigenvalue weighted by Crippen LogP contribution is 2.38. The number of nitrogens with zero attached hydrogens (tertiary/aromatic N) is 1. The number of benzene rings is 1. The number of aliphatic hydroxyl groups is 1. The monoisotopic (exact) mass is 271 g/mol. The fourth-order valence-corrected chi connectivity index (χ4v) is 1.25. The van der Waals surface area contributed by atoms with Crippen LogP contribution in [0.2, 0.25) is 0 Å². The fraction of sp³-hybridized carbons (Fsp3) is 0.333. The molecule has 0 fully saturated rings. The second kappa shape index (κ2) is 4.48. The van der Waals surface area contributed by atoms with Crippen LogP contribution in [0, 0.1) is 10.1 Å². The molecule has 1 aromatic carbocycles. The Morgan fingerprint density at radius 3 is 2.17 bits per heavy atom. The molecule has 1 N–H and O–H groups in total. The highest BCUT2D eigenvalue weighted by molar-refractivity contribution is 5.46. The van der Waals surface area contributed by atoms with E-state index in [2.05, 4.69) is 0 Å². The molecule has 0 saturated heterocycles. The summed E-state index contributed by atoms with van der Waals surface area (Å²) in [6, 6.07) is 0.599. The number of nitro groups is 1. The number of nitro benzene ring substituents is 1. The maximum absolute atomic E-state index is 13.1. The van der Waals surface area contributed by atoms with Gasteiger partial charge in [0.15, 0.2) is 0 Å². The van der Waals surface area contributed by atoms with Crippen molar-refractivity contribution in [3.8, 4) is 0 Å². The lowest BCUT2D eigenvalue weighted by atomic mass is 10.0. The molecule has 0 aliphatic carbocycles. The topological polar surface area (TPSA) is 63.4 Å². The highest BCUT2D eigenvalue weighted by Gasteiger charge is 2.40. The van der Waals surface area contributed by atoms with E-state index in [0.717, 1.165) is 0 Å². The molecule has 0 aliphatic rings. The molecule has 0 heterocycles. The summed E-state index contributed by atoms with van der Waals surface area (Å²) in [6.45, 7) is -1.74. The van der Waals surface area contributed by atoms with Crippen molar-refractivity contribution in [2.75, 3.05) is 6.61 Å². The van der Waals surface area contributed by atoms with Gasteiger partial charge in [0.1, 0.15) is 12.2 Å². The predicted octanol–water partition coefficient (Wildman–Crippen LogP) is 2.70. The van der Waals surface area contributed by atoms with E-state index in [1.807, 2.05) is 0 Å². The van der Waals surface area contributed by atoms with E-state index in [1.165, 1.54) is 0 Å². The Kier molecular flexibility index (Phi) is 3.56. The molecule has 1 rings (SSSR count). The van der Waals surface area contributed by atoms with Crippen molar-refractivity contribution in [2.45, 2.75) is 12.1 Å². The van der Waals surface area contributed by atoms with Crippen LogP contribution in [0.3, 0.4) is 0 Å². The summed E-state index contributed by atoms with van der Waals surface area (Å²) in [5.41, 5.74) is -4.06. The molecule has 0 bridgehead atoms. The molecule has 0 saturated carbocycles. The number of halogens is 5. The van der Waals surface area contributed by atoms with E-state index in [4.69, 9.17) is 5.11 Å². The maximum Gasteiger partial charge on any atom is 0.416 e. The normalized spacial score (nSPS) is 12.6. The average molecular weight is 271 g/mol. The zero-order valence-electron chi connectivity index (χ0n) is 8.54. The van der Waals surface area contributed by atoms with E-state index in [9.17, 15) is 32.1 Å². The van der Waals surface area contributed by atoms with Crippen LogP contribution >= 0.6 is 0 Å². The van der Waals surface area contributed by atoms with Gasteiger partial charge in [-0.15, -0.1) is 0 Å². The van der Waals surface area contributed by atoms with Gasteiger partial charge in [0.25, 0.3) is 5.69 Å². The summed E-state index contributed by atoms with van der Waals surface area (Å²) in [6.07, 6.45) is -4.88. The lowest BCUT2D eigenvalue weighted by molar-refractivity contribution is -0.387. The Morgan fingerprint density at radius 1 is 1.22 bits per heavy atom. The molecule has 1 aromatic rings.